The van der Waals surface area contributed by atoms with Gasteiger partial charge in [0.2, 0.25) is 5.91 Å². The van der Waals surface area contributed by atoms with Crippen LogP contribution in [0.3, 0.4) is 0 Å². The molecule has 0 radical (unpaired) electrons. The molecule has 0 aromatic carbocycles. The second kappa shape index (κ2) is 6.01. The smallest absolute Gasteiger partial charge is 0.232 e. The Kier molecular flexibility index (Phi) is 4.58. The minimum atomic E-state index is -0.211. The second-order valence-electron chi connectivity index (χ2n) is 5.21. The number of hydrogen-bond acceptors (Lipinski definition) is 4. The summed E-state index contributed by atoms with van der Waals surface area (Å²) in [5.74, 6) is 0.146. The van der Waals surface area contributed by atoms with E-state index in [4.69, 9.17) is 0 Å². The molecule has 0 atom stereocenters. The highest BCUT2D eigenvalue weighted by molar-refractivity contribution is 7.15. The molecule has 2 rings (SSSR count). The third-order valence-electron chi connectivity index (χ3n) is 4.17. The highest BCUT2D eigenvalue weighted by Gasteiger charge is 2.38. The Morgan fingerprint density at radius 1 is 1.42 bits per heavy atom. The maximum Gasteiger partial charge on any atom is 0.232 e. The molecule has 5 heteroatoms. The fourth-order valence-electron chi connectivity index (χ4n) is 2.69. The van der Waals surface area contributed by atoms with Crippen molar-refractivity contribution in [2.75, 3.05) is 18.4 Å². The Bertz CT molecular complexity index is 450. The van der Waals surface area contributed by atoms with Crippen molar-refractivity contribution in [1.82, 2.24) is 10.3 Å². The Morgan fingerprint density at radius 3 is 2.63 bits per heavy atom. The Labute approximate surface area is 119 Å². The number of piperidine rings is 1. The van der Waals surface area contributed by atoms with Crippen LogP contribution in [0.2, 0.25) is 0 Å². The number of aryl methyl sites for hydroxylation is 2. The van der Waals surface area contributed by atoms with Crippen LogP contribution in [0, 0.1) is 12.3 Å². The molecule has 0 aliphatic carbocycles. The predicted molar refractivity (Wildman–Crippen MR) is 79.7 cm³/mol. The molecule has 0 spiro atoms. The highest BCUT2D eigenvalue weighted by atomic mass is 32.1. The van der Waals surface area contributed by atoms with Gasteiger partial charge in [0, 0.05) is 4.88 Å². The summed E-state index contributed by atoms with van der Waals surface area (Å²) in [6.07, 6.45) is 3.65. The Balaban J connectivity index is 2.10. The van der Waals surface area contributed by atoms with E-state index in [-0.39, 0.29) is 11.3 Å². The van der Waals surface area contributed by atoms with E-state index in [9.17, 15) is 4.79 Å². The van der Waals surface area contributed by atoms with Gasteiger partial charge in [0.1, 0.15) is 0 Å². The summed E-state index contributed by atoms with van der Waals surface area (Å²) in [5, 5.41) is 7.12. The number of nitrogens with zero attached hydrogens (tertiary/aromatic N) is 1. The summed E-state index contributed by atoms with van der Waals surface area (Å²) in [4.78, 5) is 18.3. The molecular formula is C14H23N3OS. The molecule has 106 valence electrons. The SMILES string of the molecule is CCc1nc(NC(=O)C2(CC)CCNCC2)sc1C. The first kappa shape index (κ1) is 14.5. The average Bonchev–Trinajstić information content (AvgIpc) is 2.79. The molecule has 2 N–H and O–H groups in total. The van der Waals surface area contributed by atoms with Gasteiger partial charge >= 0.3 is 0 Å². The van der Waals surface area contributed by atoms with E-state index in [2.05, 4.69) is 36.4 Å². The maximum absolute atomic E-state index is 12.6. The molecule has 1 aliphatic rings. The lowest BCUT2D eigenvalue weighted by molar-refractivity contribution is -0.127. The van der Waals surface area contributed by atoms with Gasteiger partial charge in [-0.05, 0) is 45.7 Å². The zero-order chi connectivity index (χ0) is 13.9. The first-order valence-electron chi connectivity index (χ1n) is 7.10. The number of thiazole rings is 1. The number of aromatic nitrogens is 1. The number of nitrogens with one attached hydrogen (secondary N) is 2. The van der Waals surface area contributed by atoms with E-state index in [0.29, 0.717) is 0 Å². The highest BCUT2D eigenvalue weighted by Crippen LogP contribution is 2.34. The molecule has 4 nitrogen and oxygen atoms in total. The summed E-state index contributed by atoms with van der Waals surface area (Å²) in [7, 11) is 0. The van der Waals surface area contributed by atoms with Crippen molar-refractivity contribution in [3.05, 3.63) is 10.6 Å². The molecule has 19 heavy (non-hydrogen) atoms. The van der Waals surface area contributed by atoms with Crippen molar-refractivity contribution in [3.8, 4) is 0 Å². The van der Waals surface area contributed by atoms with Crippen LogP contribution in [-0.2, 0) is 11.2 Å². The van der Waals surface area contributed by atoms with Crippen LogP contribution in [0.15, 0.2) is 0 Å². The van der Waals surface area contributed by atoms with Crippen molar-refractivity contribution in [2.45, 2.75) is 46.5 Å². The minimum Gasteiger partial charge on any atom is -0.317 e. The van der Waals surface area contributed by atoms with Gasteiger partial charge in [-0.3, -0.25) is 4.79 Å². The molecule has 0 bridgehead atoms. The van der Waals surface area contributed by atoms with Gasteiger partial charge in [0.25, 0.3) is 0 Å². The summed E-state index contributed by atoms with van der Waals surface area (Å²) < 4.78 is 0. The van der Waals surface area contributed by atoms with E-state index in [1.807, 2.05) is 0 Å². The fraction of sp³-hybridized carbons (Fsp3) is 0.714. The van der Waals surface area contributed by atoms with Crippen LogP contribution in [-0.4, -0.2) is 24.0 Å². The van der Waals surface area contributed by atoms with Gasteiger partial charge < -0.3 is 10.6 Å². The number of rotatable bonds is 4. The summed E-state index contributed by atoms with van der Waals surface area (Å²) in [6.45, 7) is 8.12. The second-order valence-corrected chi connectivity index (χ2v) is 6.42. The molecular weight excluding hydrogens is 258 g/mol. The fourth-order valence-corrected chi connectivity index (χ4v) is 3.58. The van der Waals surface area contributed by atoms with Crippen LogP contribution < -0.4 is 10.6 Å². The van der Waals surface area contributed by atoms with Crippen LogP contribution in [0.5, 0.6) is 0 Å². The largest absolute Gasteiger partial charge is 0.317 e. The van der Waals surface area contributed by atoms with Crippen molar-refractivity contribution < 1.29 is 4.79 Å². The molecule has 2 heterocycles. The van der Waals surface area contributed by atoms with Gasteiger partial charge in [0.15, 0.2) is 5.13 Å². The first-order valence-corrected chi connectivity index (χ1v) is 7.91. The normalized spacial score (nSPS) is 18.3. The summed E-state index contributed by atoms with van der Waals surface area (Å²) in [6, 6.07) is 0. The summed E-state index contributed by atoms with van der Waals surface area (Å²) in [5.41, 5.74) is 0.883. The van der Waals surface area contributed by atoms with Gasteiger partial charge in [-0.2, -0.15) is 0 Å². The molecule has 1 amide bonds. The van der Waals surface area contributed by atoms with Crippen molar-refractivity contribution in [3.63, 3.8) is 0 Å². The van der Waals surface area contributed by atoms with E-state index in [1.165, 1.54) is 4.88 Å². The van der Waals surface area contributed by atoms with Crippen LogP contribution in [0.25, 0.3) is 0 Å². The van der Waals surface area contributed by atoms with Crippen LogP contribution >= 0.6 is 11.3 Å². The lowest BCUT2D eigenvalue weighted by atomic mass is 9.76. The predicted octanol–water partition coefficient (Wildman–Crippen LogP) is 2.73. The zero-order valence-corrected chi connectivity index (χ0v) is 12.8. The van der Waals surface area contributed by atoms with Gasteiger partial charge in [-0.1, -0.05) is 13.8 Å². The lowest BCUT2D eigenvalue weighted by Gasteiger charge is -2.34. The number of carbonyl (C=O) groups excluding carboxylic acids is 1. The molecule has 0 unspecified atom stereocenters. The van der Waals surface area contributed by atoms with Crippen LogP contribution in [0.1, 0.15) is 43.7 Å². The monoisotopic (exact) mass is 281 g/mol. The average molecular weight is 281 g/mol. The molecule has 1 aromatic rings. The minimum absolute atomic E-state index is 0.146. The Hall–Kier alpha value is -0.940. The topological polar surface area (TPSA) is 54.0 Å². The quantitative estimate of drug-likeness (QED) is 0.892. The van der Waals surface area contributed by atoms with Crippen molar-refractivity contribution in [2.24, 2.45) is 5.41 Å². The number of amides is 1. The molecule has 0 saturated carbocycles. The van der Waals surface area contributed by atoms with Crippen molar-refractivity contribution in [1.29, 1.82) is 0 Å². The van der Waals surface area contributed by atoms with Gasteiger partial charge in [-0.25, -0.2) is 4.98 Å². The van der Waals surface area contributed by atoms with Gasteiger partial charge in [-0.15, -0.1) is 11.3 Å². The van der Waals surface area contributed by atoms with Crippen molar-refractivity contribution >= 4 is 22.4 Å². The van der Waals surface area contributed by atoms with E-state index in [0.717, 1.165) is 49.6 Å². The van der Waals surface area contributed by atoms with E-state index in [1.54, 1.807) is 11.3 Å². The molecule has 1 aromatic heterocycles. The zero-order valence-electron chi connectivity index (χ0n) is 12.0. The molecule has 1 fully saturated rings. The summed E-state index contributed by atoms with van der Waals surface area (Å²) >= 11 is 1.58. The third kappa shape index (κ3) is 2.98. The number of hydrogen-bond donors (Lipinski definition) is 2. The Morgan fingerprint density at radius 2 is 2.11 bits per heavy atom. The van der Waals surface area contributed by atoms with Gasteiger partial charge in [0.05, 0.1) is 11.1 Å². The first-order chi connectivity index (χ1) is 9.11. The maximum atomic E-state index is 12.6. The van der Waals surface area contributed by atoms with Crippen LogP contribution in [0.4, 0.5) is 5.13 Å². The standard InChI is InChI=1S/C14H23N3OS/c1-4-11-10(3)19-13(16-11)17-12(18)14(5-2)6-8-15-9-7-14/h15H,4-9H2,1-3H3,(H,16,17,18). The third-order valence-corrected chi connectivity index (χ3v) is 5.10. The number of anilines is 1. The molecule has 1 aliphatic heterocycles. The van der Waals surface area contributed by atoms with E-state index >= 15 is 0 Å². The van der Waals surface area contributed by atoms with E-state index < -0.39 is 0 Å². The lowest BCUT2D eigenvalue weighted by Crippen LogP contribution is -2.44. The number of carbonyl (C=O) groups is 1. The molecule has 1 saturated heterocycles.